The van der Waals surface area contributed by atoms with Gasteiger partial charge < -0.3 is 9.80 Å². The molecule has 1 saturated heterocycles. The van der Waals surface area contributed by atoms with Crippen molar-refractivity contribution in [3.63, 3.8) is 0 Å². The first-order valence-corrected chi connectivity index (χ1v) is 10.4. The van der Waals surface area contributed by atoms with Gasteiger partial charge in [0.1, 0.15) is 0 Å². The number of hydrogen-bond donors (Lipinski definition) is 0. The molecule has 5 heteroatoms. The van der Waals surface area contributed by atoms with Gasteiger partial charge in [0.15, 0.2) is 0 Å². The molecule has 0 bridgehead atoms. The molecule has 3 aromatic carbocycles. The molecular formula is C24H22Cl2N2O. The minimum Gasteiger partial charge on any atom is -0.361 e. The molecule has 0 spiro atoms. The van der Waals surface area contributed by atoms with Gasteiger partial charge in [-0.05, 0) is 47.5 Å². The number of hydrogen-bond acceptors (Lipinski definition) is 2. The van der Waals surface area contributed by atoms with Gasteiger partial charge in [-0.15, -0.1) is 0 Å². The number of amides is 1. The Labute approximate surface area is 181 Å². The highest BCUT2D eigenvalue weighted by molar-refractivity contribution is 6.30. The topological polar surface area (TPSA) is 23.6 Å². The Hall–Kier alpha value is -2.49. The second-order valence-corrected chi connectivity index (χ2v) is 8.11. The zero-order chi connectivity index (χ0) is 20.2. The van der Waals surface area contributed by atoms with Crippen molar-refractivity contribution in [3.8, 4) is 0 Å². The van der Waals surface area contributed by atoms with Gasteiger partial charge in [0, 0.05) is 35.4 Å². The van der Waals surface area contributed by atoms with Crippen LogP contribution in [-0.4, -0.2) is 30.4 Å². The summed E-state index contributed by atoms with van der Waals surface area (Å²) in [4.78, 5) is 17.3. The summed E-state index contributed by atoms with van der Waals surface area (Å²) in [5, 5.41) is 1.42. The third-order valence-corrected chi connectivity index (χ3v) is 5.85. The van der Waals surface area contributed by atoms with E-state index in [2.05, 4.69) is 4.90 Å². The Balaban J connectivity index is 1.58. The highest BCUT2D eigenvalue weighted by atomic mass is 35.5. The summed E-state index contributed by atoms with van der Waals surface area (Å²) in [6.07, 6.45) is 0.426. The first-order chi connectivity index (χ1) is 14.1. The van der Waals surface area contributed by atoms with Crippen molar-refractivity contribution in [2.45, 2.75) is 12.5 Å². The fraction of sp³-hybridized carbons (Fsp3) is 0.208. The van der Waals surface area contributed by atoms with Crippen LogP contribution in [0.25, 0.3) is 0 Å². The third-order valence-electron chi connectivity index (χ3n) is 5.34. The van der Waals surface area contributed by atoms with Crippen molar-refractivity contribution in [3.05, 3.63) is 100 Å². The molecule has 29 heavy (non-hydrogen) atoms. The van der Waals surface area contributed by atoms with Crippen LogP contribution in [-0.2, 0) is 11.2 Å². The monoisotopic (exact) mass is 424 g/mol. The number of nitrogens with zero attached hydrogens (tertiary/aromatic N) is 2. The first kappa shape index (κ1) is 19.8. The summed E-state index contributed by atoms with van der Waals surface area (Å²) in [5.41, 5.74) is 3.28. The van der Waals surface area contributed by atoms with Crippen molar-refractivity contribution in [2.75, 3.05) is 24.5 Å². The summed E-state index contributed by atoms with van der Waals surface area (Å²) >= 11 is 12.2. The number of rotatable bonds is 4. The molecule has 0 aliphatic carbocycles. The molecule has 0 N–H and O–H groups in total. The lowest BCUT2D eigenvalue weighted by atomic mass is 10.0. The summed E-state index contributed by atoms with van der Waals surface area (Å²) in [5.74, 6) is 0.158. The predicted molar refractivity (Wildman–Crippen MR) is 120 cm³/mol. The van der Waals surface area contributed by atoms with E-state index in [-0.39, 0.29) is 11.9 Å². The van der Waals surface area contributed by atoms with Gasteiger partial charge in [-0.2, -0.15) is 0 Å². The molecular weight excluding hydrogens is 403 g/mol. The third kappa shape index (κ3) is 4.75. The number of anilines is 1. The Bertz CT molecular complexity index is 958. The van der Waals surface area contributed by atoms with Gasteiger partial charge in [0.05, 0.1) is 12.5 Å². The van der Waals surface area contributed by atoms with E-state index < -0.39 is 0 Å². The van der Waals surface area contributed by atoms with E-state index >= 15 is 0 Å². The van der Waals surface area contributed by atoms with Crippen molar-refractivity contribution < 1.29 is 4.79 Å². The number of benzene rings is 3. The molecule has 1 fully saturated rings. The Morgan fingerprint density at radius 3 is 2.10 bits per heavy atom. The fourth-order valence-electron chi connectivity index (χ4n) is 3.80. The second-order valence-electron chi connectivity index (χ2n) is 7.24. The predicted octanol–water partition coefficient (Wildman–Crippen LogP) is 5.63. The van der Waals surface area contributed by atoms with Crippen LogP contribution in [0.5, 0.6) is 0 Å². The largest absolute Gasteiger partial charge is 0.361 e. The second kappa shape index (κ2) is 8.89. The number of halogens is 2. The lowest BCUT2D eigenvalue weighted by molar-refractivity contribution is -0.131. The maximum atomic E-state index is 13.0. The van der Waals surface area contributed by atoms with E-state index in [9.17, 15) is 4.79 Å². The van der Waals surface area contributed by atoms with Crippen LogP contribution in [0.4, 0.5) is 5.69 Å². The molecule has 0 radical (unpaired) electrons. The maximum absolute atomic E-state index is 13.0. The van der Waals surface area contributed by atoms with Crippen LogP contribution in [0.2, 0.25) is 10.0 Å². The minimum absolute atomic E-state index is 0.0573. The summed E-state index contributed by atoms with van der Waals surface area (Å²) in [6, 6.07) is 25.7. The van der Waals surface area contributed by atoms with E-state index in [1.54, 1.807) is 0 Å². The van der Waals surface area contributed by atoms with Gasteiger partial charge in [-0.25, -0.2) is 0 Å². The number of carbonyl (C=O) groups excluding carboxylic acids is 1. The Morgan fingerprint density at radius 2 is 1.45 bits per heavy atom. The van der Waals surface area contributed by atoms with E-state index in [1.165, 1.54) is 0 Å². The first-order valence-electron chi connectivity index (χ1n) is 9.69. The van der Waals surface area contributed by atoms with Crippen molar-refractivity contribution in [1.29, 1.82) is 0 Å². The van der Waals surface area contributed by atoms with E-state index in [1.807, 2.05) is 83.8 Å². The average molecular weight is 425 g/mol. The van der Waals surface area contributed by atoms with Gasteiger partial charge >= 0.3 is 0 Å². The number of carbonyl (C=O) groups is 1. The smallest absolute Gasteiger partial charge is 0.227 e. The molecule has 148 valence electrons. The summed E-state index contributed by atoms with van der Waals surface area (Å²) in [6.45, 7) is 2.09. The van der Waals surface area contributed by atoms with Gasteiger partial charge in [-0.1, -0.05) is 65.7 Å². The standard InChI is InChI=1S/C24H22Cl2N2O/c25-20-8-6-19(7-9-20)23-17-27(24(29)16-18-4-2-1-3-5-18)14-15-28(23)22-12-10-21(26)11-13-22/h1-13,23H,14-17H2. The molecule has 4 rings (SSSR count). The molecule has 1 amide bonds. The van der Waals surface area contributed by atoms with Crippen molar-refractivity contribution in [1.82, 2.24) is 4.90 Å². The normalized spacial score (nSPS) is 16.7. The SMILES string of the molecule is O=C(Cc1ccccc1)N1CCN(c2ccc(Cl)cc2)C(c2ccc(Cl)cc2)C1. The summed E-state index contributed by atoms with van der Waals surface area (Å²) in [7, 11) is 0. The van der Waals surface area contributed by atoms with Crippen LogP contribution in [0.1, 0.15) is 17.2 Å². The van der Waals surface area contributed by atoms with Crippen LogP contribution in [0, 0.1) is 0 Å². The lowest BCUT2D eigenvalue weighted by Gasteiger charge is -2.43. The van der Waals surface area contributed by atoms with Gasteiger partial charge in [-0.3, -0.25) is 4.79 Å². The molecule has 3 nitrogen and oxygen atoms in total. The van der Waals surface area contributed by atoms with Crippen molar-refractivity contribution in [2.24, 2.45) is 0 Å². The van der Waals surface area contributed by atoms with Crippen LogP contribution in [0.15, 0.2) is 78.9 Å². The van der Waals surface area contributed by atoms with Crippen molar-refractivity contribution >= 4 is 34.8 Å². The van der Waals surface area contributed by atoms with Crippen LogP contribution in [0.3, 0.4) is 0 Å². The zero-order valence-electron chi connectivity index (χ0n) is 16.0. The quantitative estimate of drug-likeness (QED) is 0.541. The van der Waals surface area contributed by atoms with Crippen LogP contribution < -0.4 is 4.90 Å². The molecule has 0 saturated carbocycles. The van der Waals surface area contributed by atoms with Crippen LogP contribution >= 0.6 is 23.2 Å². The zero-order valence-corrected chi connectivity index (χ0v) is 17.5. The van der Waals surface area contributed by atoms with E-state index in [0.717, 1.165) is 23.4 Å². The van der Waals surface area contributed by atoms with E-state index in [4.69, 9.17) is 23.2 Å². The molecule has 1 unspecified atom stereocenters. The van der Waals surface area contributed by atoms with Gasteiger partial charge in [0.25, 0.3) is 0 Å². The Kier molecular flexibility index (Phi) is 6.08. The van der Waals surface area contributed by atoms with Gasteiger partial charge in [0.2, 0.25) is 5.91 Å². The highest BCUT2D eigenvalue weighted by Gasteiger charge is 2.30. The fourth-order valence-corrected chi connectivity index (χ4v) is 4.06. The number of piperazine rings is 1. The molecule has 1 heterocycles. The average Bonchev–Trinajstić information content (AvgIpc) is 2.75. The maximum Gasteiger partial charge on any atom is 0.227 e. The molecule has 1 aliphatic heterocycles. The summed E-state index contributed by atoms with van der Waals surface area (Å²) < 4.78 is 0. The van der Waals surface area contributed by atoms with E-state index in [0.29, 0.717) is 29.6 Å². The molecule has 3 aromatic rings. The molecule has 1 atom stereocenters. The highest BCUT2D eigenvalue weighted by Crippen LogP contribution is 2.32. The Morgan fingerprint density at radius 1 is 0.828 bits per heavy atom. The minimum atomic E-state index is 0.0573. The lowest BCUT2D eigenvalue weighted by Crippen LogP contribution is -2.51. The molecule has 0 aromatic heterocycles. The molecule has 1 aliphatic rings.